The molecule has 100 valence electrons. The molecule has 2 N–H and O–H groups in total. The zero-order valence-corrected chi connectivity index (χ0v) is 11.7. The van der Waals surface area contributed by atoms with Crippen LogP contribution in [0.3, 0.4) is 0 Å². The summed E-state index contributed by atoms with van der Waals surface area (Å²) in [6.45, 7) is 2.82. The van der Waals surface area contributed by atoms with Crippen LogP contribution >= 0.6 is 0 Å². The summed E-state index contributed by atoms with van der Waals surface area (Å²) in [6.07, 6.45) is 4.69. The van der Waals surface area contributed by atoms with E-state index in [1.165, 1.54) is 6.42 Å². The highest BCUT2D eigenvalue weighted by Crippen LogP contribution is 2.21. The van der Waals surface area contributed by atoms with Crippen LogP contribution in [0, 0.1) is 6.92 Å². The monoisotopic (exact) mass is 267 g/mol. The van der Waals surface area contributed by atoms with Gasteiger partial charge in [0.1, 0.15) is 0 Å². The van der Waals surface area contributed by atoms with Gasteiger partial charge in [-0.2, -0.15) is 0 Å². The maximum atomic E-state index is 12.2. The molecule has 2 rings (SSSR count). The van der Waals surface area contributed by atoms with Crippen molar-refractivity contribution in [2.45, 2.75) is 43.6 Å². The van der Waals surface area contributed by atoms with E-state index in [0.717, 1.165) is 42.0 Å². The number of rotatable bonds is 5. The van der Waals surface area contributed by atoms with Crippen LogP contribution in [0.5, 0.6) is 0 Å². The molecule has 0 aliphatic carbocycles. The van der Waals surface area contributed by atoms with E-state index < -0.39 is 10.8 Å². The Morgan fingerprint density at radius 3 is 3.06 bits per heavy atom. The lowest BCUT2D eigenvalue weighted by atomic mass is 10.1. The van der Waals surface area contributed by atoms with Crippen molar-refractivity contribution in [2.24, 2.45) is 0 Å². The van der Waals surface area contributed by atoms with Gasteiger partial charge in [-0.05, 0) is 50.3 Å². The van der Waals surface area contributed by atoms with Crippen LogP contribution < -0.4 is 5.73 Å². The van der Waals surface area contributed by atoms with Crippen molar-refractivity contribution in [3.05, 3.63) is 23.8 Å². The molecule has 1 heterocycles. The Balaban J connectivity index is 1.85. The van der Waals surface area contributed by atoms with Gasteiger partial charge in [0, 0.05) is 22.9 Å². The molecule has 0 saturated carbocycles. The average molecular weight is 267 g/mol. The summed E-state index contributed by atoms with van der Waals surface area (Å²) in [6, 6.07) is 5.63. The van der Waals surface area contributed by atoms with E-state index in [0.29, 0.717) is 11.9 Å². The van der Waals surface area contributed by atoms with E-state index in [9.17, 15) is 4.21 Å². The van der Waals surface area contributed by atoms with E-state index in [-0.39, 0.29) is 0 Å². The summed E-state index contributed by atoms with van der Waals surface area (Å²) in [4.78, 5) is 0.877. The fourth-order valence-electron chi connectivity index (χ4n) is 2.30. The number of anilines is 1. The minimum absolute atomic E-state index is 0.393. The van der Waals surface area contributed by atoms with Crippen LogP contribution in [0.2, 0.25) is 0 Å². The molecule has 1 fully saturated rings. The zero-order chi connectivity index (χ0) is 13.0. The molecule has 1 aliphatic heterocycles. The van der Waals surface area contributed by atoms with E-state index in [1.807, 2.05) is 25.1 Å². The molecule has 2 unspecified atom stereocenters. The highest BCUT2D eigenvalue weighted by atomic mass is 32.2. The third kappa shape index (κ3) is 3.33. The van der Waals surface area contributed by atoms with E-state index in [4.69, 9.17) is 10.5 Å². The van der Waals surface area contributed by atoms with Crippen LogP contribution in [-0.2, 0) is 15.5 Å². The Morgan fingerprint density at radius 2 is 2.33 bits per heavy atom. The number of hydrogen-bond acceptors (Lipinski definition) is 3. The highest BCUT2D eigenvalue weighted by Gasteiger charge is 2.16. The van der Waals surface area contributed by atoms with Gasteiger partial charge in [0.05, 0.1) is 16.9 Å². The first-order chi connectivity index (χ1) is 8.68. The van der Waals surface area contributed by atoms with Gasteiger partial charge in [-0.1, -0.05) is 6.07 Å². The molecule has 4 heteroatoms. The lowest BCUT2D eigenvalue weighted by molar-refractivity contribution is 0.104. The van der Waals surface area contributed by atoms with Gasteiger partial charge in [-0.25, -0.2) is 0 Å². The first kappa shape index (κ1) is 13.6. The first-order valence-electron chi connectivity index (χ1n) is 6.53. The molecule has 0 spiro atoms. The third-order valence-electron chi connectivity index (χ3n) is 3.45. The molecule has 18 heavy (non-hydrogen) atoms. The second-order valence-electron chi connectivity index (χ2n) is 4.80. The highest BCUT2D eigenvalue weighted by molar-refractivity contribution is 7.85. The summed E-state index contributed by atoms with van der Waals surface area (Å²) < 4.78 is 17.8. The lowest BCUT2D eigenvalue weighted by Gasteiger charge is -2.10. The van der Waals surface area contributed by atoms with E-state index in [2.05, 4.69) is 0 Å². The largest absolute Gasteiger partial charge is 0.398 e. The Bertz CT molecular complexity index is 428. The number of hydrogen-bond donors (Lipinski definition) is 1. The molecular weight excluding hydrogens is 246 g/mol. The van der Waals surface area contributed by atoms with Crippen molar-refractivity contribution in [3.8, 4) is 0 Å². The van der Waals surface area contributed by atoms with Crippen molar-refractivity contribution in [3.63, 3.8) is 0 Å². The Morgan fingerprint density at radius 1 is 1.50 bits per heavy atom. The minimum Gasteiger partial charge on any atom is -0.398 e. The number of ether oxygens (including phenoxy) is 1. The Kier molecular flexibility index (Phi) is 4.78. The SMILES string of the molecule is Cc1c(N)cccc1S(=O)CCCC1CCCO1. The van der Waals surface area contributed by atoms with Gasteiger partial charge < -0.3 is 10.5 Å². The Labute approximate surface area is 111 Å². The van der Waals surface area contributed by atoms with Gasteiger partial charge in [0.25, 0.3) is 0 Å². The molecule has 0 amide bonds. The van der Waals surface area contributed by atoms with E-state index in [1.54, 1.807) is 0 Å². The fourth-order valence-corrected chi connectivity index (χ4v) is 3.64. The van der Waals surface area contributed by atoms with Gasteiger partial charge in [-0.3, -0.25) is 4.21 Å². The molecule has 1 aliphatic rings. The predicted molar refractivity (Wildman–Crippen MR) is 75.1 cm³/mol. The van der Waals surface area contributed by atoms with Gasteiger partial charge >= 0.3 is 0 Å². The summed E-state index contributed by atoms with van der Waals surface area (Å²) in [5.74, 6) is 0.699. The smallest absolute Gasteiger partial charge is 0.0576 e. The second-order valence-corrected chi connectivity index (χ2v) is 6.34. The molecule has 0 bridgehead atoms. The molecule has 1 aromatic carbocycles. The number of nitrogen functional groups attached to an aromatic ring is 1. The number of nitrogens with two attached hydrogens (primary N) is 1. The van der Waals surface area contributed by atoms with Gasteiger partial charge in [0.2, 0.25) is 0 Å². The first-order valence-corrected chi connectivity index (χ1v) is 7.85. The molecule has 1 aromatic rings. The fraction of sp³-hybridized carbons (Fsp3) is 0.571. The third-order valence-corrected chi connectivity index (χ3v) is 5.04. The Hall–Kier alpha value is -0.870. The molecule has 3 nitrogen and oxygen atoms in total. The van der Waals surface area contributed by atoms with Crippen LogP contribution in [0.1, 0.15) is 31.2 Å². The van der Waals surface area contributed by atoms with Crippen molar-refractivity contribution >= 4 is 16.5 Å². The maximum Gasteiger partial charge on any atom is 0.0576 e. The standard InChI is InChI=1S/C14H21NO2S/c1-11-13(15)7-2-8-14(11)18(16)10-4-6-12-5-3-9-17-12/h2,7-8,12H,3-6,9-10,15H2,1H3. The molecule has 0 radical (unpaired) electrons. The van der Waals surface area contributed by atoms with Gasteiger partial charge in [-0.15, -0.1) is 0 Å². The minimum atomic E-state index is -0.941. The topological polar surface area (TPSA) is 52.3 Å². The summed E-state index contributed by atoms with van der Waals surface area (Å²) in [5, 5.41) is 0. The quantitative estimate of drug-likeness (QED) is 0.834. The lowest BCUT2D eigenvalue weighted by Crippen LogP contribution is -2.08. The van der Waals surface area contributed by atoms with Crippen molar-refractivity contribution in [2.75, 3.05) is 18.1 Å². The summed E-state index contributed by atoms with van der Waals surface area (Å²) in [7, 11) is -0.941. The van der Waals surface area contributed by atoms with Crippen LogP contribution in [0.15, 0.2) is 23.1 Å². The predicted octanol–water partition coefficient (Wildman–Crippen LogP) is 2.64. The van der Waals surface area contributed by atoms with E-state index >= 15 is 0 Å². The maximum absolute atomic E-state index is 12.2. The van der Waals surface area contributed by atoms with Crippen LogP contribution in [0.25, 0.3) is 0 Å². The zero-order valence-electron chi connectivity index (χ0n) is 10.9. The normalized spacial score (nSPS) is 21.1. The number of benzene rings is 1. The molecular formula is C14H21NO2S. The van der Waals surface area contributed by atoms with Crippen molar-refractivity contribution in [1.82, 2.24) is 0 Å². The van der Waals surface area contributed by atoms with Crippen molar-refractivity contribution < 1.29 is 8.95 Å². The molecule has 2 atom stereocenters. The molecule has 0 aromatic heterocycles. The summed E-state index contributed by atoms with van der Waals surface area (Å²) >= 11 is 0. The van der Waals surface area contributed by atoms with Crippen molar-refractivity contribution in [1.29, 1.82) is 0 Å². The molecule has 1 saturated heterocycles. The summed E-state index contributed by atoms with van der Waals surface area (Å²) in [5.41, 5.74) is 7.51. The van der Waals surface area contributed by atoms with Crippen LogP contribution in [0.4, 0.5) is 5.69 Å². The second kappa shape index (κ2) is 6.34. The van der Waals surface area contributed by atoms with Gasteiger partial charge in [0.15, 0.2) is 0 Å². The average Bonchev–Trinajstić information content (AvgIpc) is 2.85. The van der Waals surface area contributed by atoms with Crippen LogP contribution in [-0.4, -0.2) is 22.7 Å².